The molecule has 0 radical (unpaired) electrons. The average Bonchev–Trinajstić information content (AvgIpc) is 2.61. The molecular formula is C19H23FN2O4. The van der Waals surface area contributed by atoms with Gasteiger partial charge in [-0.3, -0.25) is 9.59 Å². The van der Waals surface area contributed by atoms with Crippen LogP contribution in [0.5, 0.6) is 0 Å². The number of unbranched alkanes of at least 4 members (excludes halogenated alkanes) is 1. The second-order valence-electron chi connectivity index (χ2n) is 5.73. The van der Waals surface area contributed by atoms with E-state index in [1.54, 1.807) is 6.07 Å². The minimum Gasteiger partial charge on any atom is -0.467 e. The number of halogens is 1. The van der Waals surface area contributed by atoms with Crippen LogP contribution in [-0.2, 0) is 25.5 Å². The molecule has 0 aliphatic carbocycles. The molecule has 0 aliphatic rings. The fourth-order valence-corrected chi connectivity index (χ4v) is 2.41. The zero-order chi connectivity index (χ0) is 19.5. The summed E-state index contributed by atoms with van der Waals surface area (Å²) in [5.74, 6) is 0.333. The molecule has 0 bridgehead atoms. The molecule has 0 aromatic heterocycles. The molecule has 2 atom stereocenters. The lowest BCUT2D eigenvalue weighted by Crippen LogP contribution is -2.52. The van der Waals surface area contributed by atoms with Crippen molar-refractivity contribution in [2.24, 2.45) is 0 Å². The topological polar surface area (TPSA) is 84.5 Å². The van der Waals surface area contributed by atoms with Crippen molar-refractivity contribution in [1.29, 1.82) is 0 Å². The largest absolute Gasteiger partial charge is 0.467 e. The maximum atomic E-state index is 13.9. The molecule has 0 heterocycles. The molecule has 0 saturated heterocycles. The Morgan fingerprint density at radius 1 is 1.23 bits per heavy atom. The maximum Gasteiger partial charge on any atom is 0.328 e. The van der Waals surface area contributed by atoms with E-state index in [0.717, 1.165) is 0 Å². The van der Waals surface area contributed by atoms with E-state index in [2.05, 4.69) is 21.3 Å². The van der Waals surface area contributed by atoms with Crippen molar-refractivity contribution in [3.8, 4) is 12.3 Å². The van der Waals surface area contributed by atoms with E-state index in [-0.39, 0.29) is 12.0 Å². The van der Waals surface area contributed by atoms with Gasteiger partial charge in [0.2, 0.25) is 11.8 Å². The molecule has 0 aliphatic heterocycles. The zero-order valence-electron chi connectivity index (χ0n) is 14.9. The smallest absolute Gasteiger partial charge is 0.328 e. The summed E-state index contributed by atoms with van der Waals surface area (Å²) in [5, 5.41) is 5.04. The van der Waals surface area contributed by atoms with Crippen LogP contribution in [0.2, 0.25) is 0 Å². The Labute approximate surface area is 152 Å². The molecule has 7 heteroatoms. The third-order valence-corrected chi connectivity index (χ3v) is 3.69. The van der Waals surface area contributed by atoms with E-state index in [0.29, 0.717) is 19.3 Å². The number of ether oxygens (including phenoxy) is 1. The van der Waals surface area contributed by atoms with Gasteiger partial charge in [0.25, 0.3) is 0 Å². The third-order valence-electron chi connectivity index (χ3n) is 3.69. The number of carbonyl (C=O) groups is 3. The van der Waals surface area contributed by atoms with Gasteiger partial charge in [-0.1, -0.05) is 18.2 Å². The molecule has 0 saturated carbocycles. The highest BCUT2D eigenvalue weighted by Crippen LogP contribution is 2.10. The van der Waals surface area contributed by atoms with E-state index >= 15 is 0 Å². The Balaban J connectivity index is 2.88. The number of hydrogen-bond acceptors (Lipinski definition) is 4. The van der Waals surface area contributed by atoms with Crippen LogP contribution in [-0.4, -0.2) is 37.0 Å². The minimum absolute atomic E-state index is 0.0453. The Kier molecular flexibility index (Phi) is 8.85. The quantitative estimate of drug-likeness (QED) is 0.394. The lowest BCUT2D eigenvalue weighted by molar-refractivity contribution is -0.145. The van der Waals surface area contributed by atoms with Gasteiger partial charge in [-0.05, 0) is 24.5 Å². The molecule has 2 amide bonds. The monoisotopic (exact) mass is 362 g/mol. The lowest BCUT2D eigenvalue weighted by atomic mass is 10.0. The Hall–Kier alpha value is -2.88. The maximum absolute atomic E-state index is 13.9. The van der Waals surface area contributed by atoms with Gasteiger partial charge in [0.05, 0.1) is 7.11 Å². The molecule has 1 aromatic rings. The van der Waals surface area contributed by atoms with Gasteiger partial charge in [0.15, 0.2) is 0 Å². The first-order valence-corrected chi connectivity index (χ1v) is 8.21. The molecule has 26 heavy (non-hydrogen) atoms. The van der Waals surface area contributed by atoms with E-state index in [9.17, 15) is 18.8 Å². The van der Waals surface area contributed by atoms with Crippen LogP contribution in [0, 0.1) is 18.2 Å². The number of amides is 2. The Bertz CT molecular complexity index is 684. The molecule has 0 spiro atoms. The molecular weight excluding hydrogens is 339 g/mol. The lowest BCUT2D eigenvalue weighted by Gasteiger charge is -2.22. The zero-order valence-corrected chi connectivity index (χ0v) is 14.9. The summed E-state index contributed by atoms with van der Waals surface area (Å²) >= 11 is 0. The van der Waals surface area contributed by atoms with Crippen LogP contribution in [0.25, 0.3) is 0 Å². The first-order chi connectivity index (χ1) is 12.4. The average molecular weight is 362 g/mol. The summed E-state index contributed by atoms with van der Waals surface area (Å²) in [7, 11) is 1.22. The number of esters is 1. The minimum atomic E-state index is -1.02. The summed E-state index contributed by atoms with van der Waals surface area (Å²) in [4.78, 5) is 35.8. The van der Waals surface area contributed by atoms with E-state index in [1.807, 2.05) is 0 Å². The van der Waals surface area contributed by atoms with Gasteiger partial charge >= 0.3 is 5.97 Å². The summed E-state index contributed by atoms with van der Waals surface area (Å²) in [6, 6.07) is 4.06. The standard InChI is InChI=1S/C19H23FN2O4/c1-4-5-6-11-16(19(25)26-3)22-18(24)17(21-13(2)23)12-14-9-7-8-10-15(14)20/h1,7-10,16-17H,5-6,11-12H2,2-3H3,(H,21,23)(H,22,24)/t16-,17-/m0/s1. The van der Waals surface area contributed by atoms with Gasteiger partial charge in [-0.2, -0.15) is 0 Å². The van der Waals surface area contributed by atoms with Crippen molar-refractivity contribution < 1.29 is 23.5 Å². The van der Waals surface area contributed by atoms with Crippen molar-refractivity contribution in [1.82, 2.24) is 10.6 Å². The highest BCUT2D eigenvalue weighted by molar-refractivity contribution is 5.90. The van der Waals surface area contributed by atoms with Crippen LogP contribution in [0.3, 0.4) is 0 Å². The van der Waals surface area contributed by atoms with Crippen LogP contribution >= 0.6 is 0 Å². The first-order valence-electron chi connectivity index (χ1n) is 8.21. The van der Waals surface area contributed by atoms with E-state index in [4.69, 9.17) is 6.42 Å². The van der Waals surface area contributed by atoms with Crippen LogP contribution in [0.15, 0.2) is 24.3 Å². The second-order valence-corrected chi connectivity index (χ2v) is 5.73. The number of terminal acetylenes is 1. The summed E-state index contributed by atoms with van der Waals surface area (Å²) in [6.45, 7) is 1.26. The predicted molar refractivity (Wildman–Crippen MR) is 94.3 cm³/mol. The molecule has 140 valence electrons. The van der Waals surface area contributed by atoms with Gasteiger partial charge in [-0.15, -0.1) is 12.3 Å². The van der Waals surface area contributed by atoms with Crippen LogP contribution in [0.1, 0.15) is 31.7 Å². The fourth-order valence-electron chi connectivity index (χ4n) is 2.41. The number of nitrogens with one attached hydrogen (secondary N) is 2. The summed E-state index contributed by atoms with van der Waals surface area (Å²) in [6.07, 6.45) is 6.42. The number of methoxy groups -OCH3 is 1. The Morgan fingerprint density at radius 2 is 1.92 bits per heavy atom. The van der Waals surface area contributed by atoms with E-state index < -0.39 is 35.7 Å². The highest BCUT2D eigenvalue weighted by Gasteiger charge is 2.27. The second kappa shape index (κ2) is 10.9. The molecule has 0 unspecified atom stereocenters. The normalized spacial score (nSPS) is 12.4. The van der Waals surface area contributed by atoms with Gasteiger partial charge in [0.1, 0.15) is 17.9 Å². The van der Waals surface area contributed by atoms with Crippen molar-refractivity contribution in [3.05, 3.63) is 35.6 Å². The van der Waals surface area contributed by atoms with E-state index in [1.165, 1.54) is 32.2 Å². The molecule has 1 aromatic carbocycles. The van der Waals surface area contributed by atoms with Crippen LogP contribution < -0.4 is 10.6 Å². The van der Waals surface area contributed by atoms with Crippen molar-refractivity contribution >= 4 is 17.8 Å². The van der Waals surface area contributed by atoms with Crippen LogP contribution in [0.4, 0.5) is 4.39 Å². The number of carbonyl (C=O) groups excluding carboxylic acids is 3. The molecule has 6 nitrogen and oxygen atoms in total. The van der Waals surface area contributed by atoms with Gasteiger partial charge < -0.3 is 15.4 Å². The number of benzene rings is 1. The third kappa shape index (κ3) is 6.93. The fraction of sp³-hybridized carbons (Fsp3) is 0.421. The summed E-state index contributed by atoms with van der Waals surface area (Å²) in [5.41, 5.74) is 0.281. The SMILES string of the molecule is C#CCCC[C@H](NC(=O)[C@H](Cc1ccccc1F)NC(C)=O)C(=O)OC. The van der Waals surface area contributed by atoms with Crippen molar-refractivity contribution in [3.63, 3.8) is 0 Å². The first kappa shape index (κ1) is 21.2. The molecule has 2 N–H and O–H groups in total. The number of hydrogen-bond donors (Lipinski definition) is 2. The Morgan fingerprint density at radius 3 is 2.50 bits per heavy atom. The van der Waals surface area contributed by atoms with Gasteiger partial charge in [-0.25, -0.2) is 9.18 Å². The number of rotatable bonds is 9. The van der Waals surface area contributed by atoms with Gasteiger partial charge in [0, 0.05) is 19.8 Å². The highest BCUT2D eigenvalue weighted by atomic mass is 19.1. The molecule has 0 fully saturated rings. The summed E-state index contributed by atoms with van der Waals surface area (Å²) < 4.78 is 18.6. The van der Waals surface area contributed by atoms with Crippen molar-refractivity contribution in [2.75, 3.05) is 7.11 Å². The van der Waals surface area contributed by atoms with Crippen molar-refractivity contribution in [2.45, 2.75) is 44.7 Å². The predicted octanol–water partition coefficient (Wildman–Crippen LogP) is 1.33. The molecule has 1 rings (SSSR count).